The molecular weight excluding hydrogens is 260 g/mol. The Kier molecular flexibility index (Phi) is 4.70. The Hall–Kier alpha value is -1.66. The van der Waals surface area contributed by atoms with E-state index in [0.717, 1.165) is 35.6 Å². The molecule has 102 valence electrons. The first-order valence-electron chi connectivity index (χ1n) is 6.29. The number of pyridine rings is 1. The molecule has 2 aromatic heterocycles. The summed E-state index contributed by atoms with van der Waals surface area (Å²) in [5, 5.41) is 10.0. The highest BCUT2D eigenvalue weighted by Gasteiger charge is 2.18. The lowest BCUT2D eigenvalue weighted by atomic mass is 10.1. The molecule has 0 amide bonds. The number of rotatable bonds is 6. The van der Waals surface area contributed by atoms with Gasteiger partial charge < -0.3 is 15.7 Å². The minimum absolute atomic E-state index is 0.188. The van der Waals surface area contributed by atoms with Crippen molar-refractivity contribution in [3.63, 3.8) is 0 Å². The summed E-state index contributed by atoms with van der Waals surface area (Å²) in [4.78, 5) is 6.32. The van der Waals surface area contributed by atoms with Gasteiger partial charge in [-0.3, -0.25) is 4.98 Å². The average molecular weight is 278 g/mol. The summed E-state index contributed by atoms with van der Waals surface area (Å²) < 4.78 is 4.26. The maximum absolute atomic E-state index is 8.98. The number of nitrogens with two attached hydrogens (primary N) is 1. The fourth-order valence-electron chi connectivity index (χ4n) is 1.96. The number of nitrogen functional groups attached to an aromatic ring is 1. The molecule has 0 aromatic carbocycles. The van der Waals surface area contributed by atoms with E-state index in [2.05, 4.69) is 21.2 Å². The van der Waals surface area contributed by atoms with Crippen molar-refractivity contribution in [2.24, 2.45) is 0 Å². The SMILES string of the molecule is CCN(CCCO)c1snc(N)c1-c1cccnc1. The molecule has 0 saturated heterocycles. The summed E-state index contributed by atoms with van der Waals surface area (Å²) in [6.45, 7) is 3.92. The molecule has 0 aliphatic heterocycles. The first kappa shape index (κ1) is 13.8. The lowest BCUT2D eigenvalue weighted by Gasteiger charge is -2.21. The van der Waals surface area contributed by atoms with Gasteiger partial charge in [0.2, 0.25) is 0 Å². The van der Waals surface area contributed by atoms with Gasteiger partial charge in [-0.1, -0.05) is 6.07 Å². The van der Waals surface area contributed by atoms with E-state index in [1.54, 1.807) is 12.4 Å². The topological polar surface area (TPSA) is 75.3 Å². The third-order valence-electron chi connectivity index (χ3n) is 2.91. The standard InChI is InChI=1S/C13H18N4OS/c1-2-17(7-4-8-18)13-11(12(14)16-19-13)10-5-3-6-15-9-10/h3,5-6,9,18H,2,4,7-8H2,1H3,(H2,14,16). The lowest BCUT2D eigenvalue weighted by molar-refractivity contribution is 0.290. The van der Waals surface area contributed by atoms with Crippen LogP contribution in [0.5, 0.6) is 0 Å². The zero-order valence-corrected chi connectivity index (χ0v) is 11.7. The molecular formula is C13H18N4OS. The predicted octanol–water partition coefficient (Wildman–Crippen LogP) is 2.00. The number of aromatic nitrogens is 2. The molecule has 0 fully saturated rings. The Labute approximate surface area is 116 Å². The van der Waals surface area contributed by atoms with E-state index < -0.39 is 0 Å². The second-order valence-corrected chi connectivity index (χ2v) is 4.90. The zero-order chi connectivity index (χ0) is 13.7. The van der Waals surface area contributed by atoms with Gasteiger partial charge >= 0.3 is 0 Å². The molecule has 0 bridgehead atoms. The minimum atomic E-state index is 0.188. The Morgan fingerprint density at radius 3 is 2.95 bits per heavy atom. The van der Waals surface area contributed by atoms with Crippen LogP contribution in [0.15, 0.2) is 24.5 Å². The van der Waals surface area contributed by atoms with Crippen LogP contribution in [0.2, 0.25) is 0 Å². The second-order valence-electron chi connectivity index (χ2n) is 4.15. The van der Waals surface area contributed by atoms with Gasteiger partial charge in [0.05, 0.1) is 5.56 Å². The van der Waals surface area contributed by atoms with Gasteiger partial charge in [0.15, 0.2) is 0 Å². The summed E-state index contributed by atoms with van der Waals surface area (Å²) >= 11 is 1.40. The number of nitrogens with zero attached hydrogens (tertiary/aromatic N) is 3. The summed E-state index contributed by atoms with van der Waals surface area (Å²) in [5.74, 6) is 0.537. The van der Waals surface area contributed by atoms with Crippen molar-refractivity contribution in [2.75, 3.05) is 30.3 Å². The van der Waals surface area contributed by atoms with Crippen LogP contribution in [0.4, 0.5) is 10.8 Å². The number of aliphatic hydroxyl groups excluding tert-OH is 1. The minimum Gasteiger partial charge on any atom is -0.396 e. The van der Waals surface area contributed by atoms with E-state index in [0.29, 0.717) is 5.82 Å². The monoisotopic (exact) mass is 278 g/mol. The van der Waals surface area contributed by atoms with Crippen molar-refractivity contribution >= 4 is 22.4 Å². The quantitative estimate of drug-likeness (QED) is 0.845. The first-order valence-corrected chi connectivity index (χ1v) is 7.06. The van der Waals surface area contributed by atoms with Crippen molar-refractivity contribution in [3.8, 4) is 11.1 Å². The van der Waals surface area contributed by atoms with E-state index in [1.807, 2.05) is 12.1 Å². The Balaban J connectivity index is 2.36. The smallest absolute Gasteiger partial charge is 0.147 e. The Morgan fingerprint density at radius 2 is 2.32 bits per heavy atom. The van der Waals surface area contributed by atoms with Gasteiger partial charge in [0.1, 0.15) is 10.8 Å². The normalized spacial score (nSPS) is 10.6. The van der Waals surface area contributed by atoms with Gasteiger partial charge in [-0.05, 0) is 30.9 Å². The molecule has 0 radical (unpaired) electrons. The first-order chi connectivity index (χ1) is 9.27. The van der Waals surface area contributed by atoms with Crippen molar-refractivity contribution in [1.82, 2.24) is 9.36 Å². The molecule has 0 aliphatic carbocycles. The molecule has 6 heteroatoms. The van der Waals surface area contributed by atoms with Crippen molar-refractivity contribution < 1.29 is 5.11 Å². The van der Waals surface area contributed by atoms with Gasteiger partial charge in [-0.2, -0.15) is 4.37 Å². The molecule has 0 atom stereocenters. The zero-order valence-electron chi connectivity index (χ0n) is 10.9. The van der Waals surface area contributed by atoms with Crippen molar-refractivity contribution in [1.29, 1.82) is 0 Å². The predicted molar refractivity (Wildman–Crippen MR) is 79.3 cm³/mol. The number of hydrogen-bond acceptors (Lipinski definition) is 6. The molecule has 0 aliphatic rings. The number of aliphatic hydroxyl groups is 1. The third-order valence-corrected chi connectivity index (χ3v) is 3.83. The molecule has 2 aromatic rings. The van der Waals surface area contributed by atoms with Crippen LogP contribution in [-0.2, 0) is 0 Å². The molecule has 0 spiro atoms. The average Bonchev–Trinajstić information content (AvgIpc) is 2.83. The summed E-state index contributed by atoms with van der Waals surface area (Å²) in [7, 11) is 0. The highest BCUT2D eigenvalue weighted by molar-refractivity contribution is 7.11. The summed E-state index contributed by atoms with van der Waals surface area (Å²) in [5.41, 5.74) is 7.91. The van der Waals surface area contributed by atoms with Crippen LogP contribution < -0.4 is 10.6 Å². The van der Waals surface area contributed by atoms with Crippen molar-refractivity contribution in [2.45, 2.75) is 13.3 Å². The molecule has 0 saturated carbocycles. The van der Waals surface area contributed by atoms with Gasteiger partial charge in [0, 0.05) is 37.7 Å². The summed E-state index contributed by atoms with van der Waals surface area (Å²) in [6, 6.07) is 3.87. The highest BCUT2D eigenvalue weighted by Crippen LogP contribution is 2.38. The Morgan fingerprint density at radius 1 is 1.47 bits per heavy atom. The van der Waals surface area contributed by atoms with Crippen LogP contribution in [0.1, 0.15) is 13.3 Å². The molecule has 3 N–H and O–H groups in total. The van der Waals surface area contributed by atoms with E-state index in [4.69, 9.17) is 10.8 Å². The van der Waals surface area contributed by atoms with E-state index in [9.17, 15) is 0 Å². The van der Waals surface area contributed by atoms with Crippen LogP contribution in [-0.4, -0.2) is 34.2 Å². The molecule has 5 nitrogen and oxygen atoms in total. The fraction of sp³-hybridized carbons (Fsp3) is 0.385. The van der Waals surface area contributed by atoms with Crippen LogP contribution >= 0.6 is 11.5 Å². The maximum atomic E-state index is 8.98. The highest BCUT2D eigenvalue weighted by atomic mass is 32.1. The molecule has 19 heavy (non-hydrogen) atoms. The van der Waals surface area contributed by atoms with Crippen LogP contribution in [0, 0.1) is 0 Å². The second kappa shape index (κ2) is 6.49. The van der Waals surface area contributed by atoms with Crippen molar-refractivity contribution in [3.05, 3.63) is 24.5 Å². The molecule has 2 rings (SSSR count). The molecule has 2 heterocycles. The molecule has 0 unspecified atom stereocenters. The largest absolute Gasteiger partial charge is 0.396 e. The van der Waals surface area contributed by atoms with E-state index in [-0.39, 0.29) is 6.61 Å². The maximum Gasteiger partial charge on any atom is 0.147 e. The van der Waals surface area contributed by atoms with Crippen LogP contribution in [0.3, 0.4) is 0 Å². The Bertz CT molecular complexity index is 515. The fourth-order valence-corrected chi connectivity index (χ4v) is 2.88. The van der Waals surface area contributed by atoms with Crippen LogP contribution in [0.25, 0.3) is 11.1 Å². The van der Waals surface area contributed by atoms with Gasteiger partial charge in [0.25, 0.3) is 0 Å². The number of hydrogen-bond donors (Lipinski definition) is 2. The summed E-state index contributed by atoms with van der Waals surface area (Å²) in [6.07, 6.45) is 4.27. The number of anilines is 2. The van der Waals surface area contributed by atoms with E-state index >= 15 is 0 Å². The third kappa shape index (κ3) is 3.02. The van der Waals surface area contributed by atoms with E-state index in [1.165, 1.54) is 11.5 Å². The van der Waals surface area contributed by atoms with Gasteiger partial charge in [-0.25, -0.2) is 0 Å². The lowest BCUT2D eigenvalue weighted by Crippen LogP contribution is -2.24. The van der Waals surface area contributed by atoms with Gasteiger partial charge in [-0.15, -0.1) is 0 Å².